The molecule has 0 saturated carbocycles. The Balaban J connectivity index is 1.58. The van der Waals surface area contributed by atoms with Crippen molar-refractivity contribution in [3.63, 3.8) is 0 Å². The van der Waals surface area contributed by atoms with E-state index in [0.29, 0.717) is 23.0 Å². The molecule has 0 amide bonds. The molecule has 174 valence electrons. The van der Waals surface area contributed by atoms with Gasteiger partial charge in [0.2, 0.25) is 0 Å². The lowest BCUT2D eigenvalue weighted by atomic mass is 9.86. The second kappa shape index (κ2) is 6.65. The van der Waals surface area contributed by atoms with Crippen molar-refractivity contribution in [2.45, 2.75) is 0 Å². The molecule has 0 aliphatic carbocycles. The minimum Gasteiger partial charge on any atom is -0.611 e. The molecule has 3 aliphatic rings. The van der Waals surface area contributed by atoms with Crippen LogP contribution in [0.2, 0.25) is 0 Å². The van der Waals surface area contributed by atoms with Crippen LogP contribution in [-0.2, 0) is 0 Å². The third kappa shape index (κ3) is 2.48. The monoisotopic (exact) mass is 477 g/mol. The highest BCUT2D eigenvalue weighted by Gasteiger charge is 2.50. The van der Waals surface area contributed by atoms with E-state index in [4.69, 9.17) is 18.6 Å². The predicted octanol–water partition coefficient (Wildman–Crippen LogP) is 7.99. The first kappa shape index (κ1) is 19.3. The molecule has 0 saturated heterocycles. The molecule has 1 spiro atoms. The zero-order valence-electron chi connectivity index (χ0n) is 19.6. The molecule has 4 nitrogen and oxygen atoms in total. The maximum atomic E-state index is 6.84. The molecule has 0 fully saturated rings. The summed E-state index contributed by atoms with van der Waals surface area (Å²) >= 11 is 0. The molecule has 3 bridgehead atoms. The lowest BCUT2D eigenvalue weighted by molar-refractivity contribution is 0.169. The SMILES string of the molecule is c1ccc2c(c1)O[B-]13Oc4ccccc4-c4cc5ccccc5c(c4O1)-c1c(c-2cc2ccccc12)O3. The van der Waals surface area contributed by atoms with Gasteiger partial charge in [-0.05, 0) is 45.8 Å². The lowest BCUT2D eigenvalue weighted by Crippen LogP contribution is -2.59. The summed E-state index contributed by atoms with van der Waals surface area (Å²) in [6.07, 6.45) is 0. The summed E-state index contributed by atoms with van der Waals surface area (Å²) in [6, 6.07) is 37.2. The summed E-state index contributed by atoms with van der Waals surface area (Å²) in [7, 11) is 0. The molecule has 0 radical (unpaired) electrons. The van der Waals surface area contributed by atoms with Crippen LogP contribution in [0, 0.1) is 0 Å². The molecule has 0 aromatic heterocycles. The van der Waals surface area contributed by atoms with Gasteiger partial charge in [0.05, 0.1) is 23.0 Å². The van der Waals surface area contributed by atoms with E-state index >= 15 is 0 Å². The third-order valence-electron chi connectivity index (χ3n) is 7.67. The summed E-state index contributed by atoms with van der Waals surface area (Å²) in [6.45, 7) is -2.73. The Morgan fingerprint density at radius 2 is 0.838 bits per heavy atom. The number of rotatable bonds is 0. The fraction of sp³-hybridized carbons (Fsp3) is 0. The Kier molecular flexibility index (Phi) is 3.47. The van der Waals surface area contributed by atoms with E-state index in [-0.39, 0.29) is 0 Å². The van der Waals surface area contributed by atoms with Gasteiger partial charge in [-0.2, -0.15) is 0 Å². The summed E-state index contributed by atoms with van der Waals surface area (Å²) < 4.78 is 26.9. The van der Waals surface area contributed by atoms with Crippen molar-refractivity contribution in [2.75, 3.05) is 0 Å². The van der Waals surface area contributed by atoms with E-state index in [1.165, 1.54) is 0 Å². The molecule has 0 N–H and O–H groups in total. The number of hydrogen-bond donors (Lipinski definition) is 0. The fourth-order valence-electron chi connectivity index (χ4n) is 6.13. The molecule has 3 heterocycles. The quantitative estimate of drug-likeness (QED) is 0.208. The van der Waals surface area contributed by atoms with Crippen LogP contribution in [-0.4, -0.2) is 6.96 Å². The smallest absolute Gasteiger partial charge is 0.611 e. The standard InChI is InChI=1S/C32H18BO4/c1-3-11-21-19(9-1)17-25-23-13-5-7-15-27(23)34-33-35-28-16-8-6-14-24(28)26-18-20-10-2-4-12-22(20)30(32(26)37-33)29(21)31(25)36-33/h1-18H/q-1. The van der Waals surface area contributed by atoms with Crippen molar-refractivity contribution in [1.29, 1.82) is 0 Å². The minimum atomic E-state index is -2.73. The summed E-state index contributed by atoms with van der Waals surface area (Å²) in [5.41, 5.74) is 5.78. The van der Waals surface area contributed by atoms with Gasteiger partial charge in [0, 0.05) is 33.4 Å². The average molecular weight is 477 g/mol. The van der Waals surface area contributed by atoms with Gasteiger partial charge < -0.3 is 18.6 Å². The Labute approximate surface area is 212 Å². The largest absolute Gasteiger partial charge is 0.777 e. The van der Waals surface area contributed by atoms with E-state index in [0.717, 1.165) is 54.9 Å². The minimum absolute atomic E-state index is 0.660. The van der Waals surface area contributed by atoms with E-state index < -0.39 is 6.96 Å². The van der Waals surface area contributed by atoms with Crippen molar-refractivity contribution in [3.05, 3.63) is 109 Å². The molecule has 9 rings (SSSR count). The topological polar surface area (TPSA) is 36.9 Å². The lowest BCUT2D eigenvalue weighted by Gasteiger charge is -2.38. The van der Waals surface area contributed by atoms with Crippen molar-refractivity contribution >= 4 is 28.5 Å². The summed E-state index contributed by atoms with van der Waals surface area (Å²) in [5, 5.41) is 4.42. The van der Waals surface area contributed by atoms with Crippen LogP contribution in [0.5, 0.6) is 23.0 Å². The second-order valence-corrected chi connectivity index (χ2v) is 9.74. The van der Waals surface area contributed by atoms with Crippen LogP contribution < -0.4 is 18.6 Å². The van der Waals surface area contributed by atoms with Crippen LogP contribution in [0.1, 0.15) is 0 Å². The first-order valence-electron chi connectivity index (χ1n) is 12.5. The van der Waals surface area contributed by atoms with E-state index in [2.05, 4.69) is 72.8 Å². The highest BCUT2D eigenvalue weighted by molar-refractivity contribution is 6.58. The van der Waals surface area contributed by atoms with Gasteiger partial charge in [-0.15, -0.1) is 0 Å². The zero-order chi connectivity index (χ0) is 24.1. The third-order valence-corrected chi connectivity index (χ3v) is 7.67. The van der Waals surface area contributed by atoms with Gasteiger partial charge in [-0.25, -0.2) is 0 Å². The van der Waals surface area contributed by atoms with Crippen molar-refractivity contribution in [2.24, 2.45) is 0 Å². The molecule has 0 atom stereocenters. The molecule has 6 aromatic carbocycles. The van der Waals surface area contributed by atoms with Gasteiger partial charge in [0.1, 0.15) is 0 Å². The predicted molar refractivity (Wildman–Crippen MR) is 146 cm³/mol. The highest BCUT2D eigenvalue weighted by Crippen LogP contribution is 2.58. The normalized spacial score (nSPS) is 15.0. The van der Waals surface area contributed by atoms with Gasteiger partial charge in [-0.1, -0.05) is 84.9 Å². The van der Waals surface area contributed by atoms with E-state index in [9.17, 15) is 0 Å². The van der Waals surface area contributed by atoms with Gasteiger partial charge in [0.15, 0.2) is 0 Å². The van der Waals surface area contributed by atoms with E-state index in [1.807, 2.05) is 36.4 Å². The maximum absolute atomic E-state index is 6.84. The van der Waals surface area contributed by atoms with Crippen LogP contribution in [0.25, 0.3) is 54.9 Å². The number of para-hydroxylation sites is 2. The van der Waals surface area contributed by atoms with Crippen LogP contribution >= 0.6 is 0 Å². The van der Waals surface area contributed by atoms with Crippen molar-refractivity contribution in [3.8, 4) is 56.4 Å². The molecule has 37 heavy (non-hydrogen) atoms. The highest BCUT2D eigenvalue weighted by atomic mass is 16.9. The number of fused-ring (bicyclic) bond motifs is 9. The molecule has 5 heteroatoms. The van der Waals surface area contributed by atoms with Gasteiger partial charge in [0.25, 0.3) is 0 Å². The molecule has 0 unspecified atom stereocenters. The zero-order valence-corrected chi connectivity index (χ0v) is 19.6. The van der Waals surface area contributed by atoms with Gasteiger partial charge >= 0.3 is 6.96 Å². The van der Waals surface area contributed by atoms with Crippen LogP contribution in [0.3, 0.4) is 0 Å². The number of benzene rings is 6. The first-order valence-corrected chi connectivity index (χ1v) is 12.5. The molecular weight excluding hydrogens is 459 g/mol. The van der Waals surface area contributed by atoms with Crippen molar-refractivity contribution < 1.29 is 18.6 Å². The van der Waals surface area contributed by atoms with Gasteiger partial charge in [-0.3, -0.25) is 0 Å². The molecule has 3 aliphatic heterocycles. The summed E-state index contributed by atoms with van der Waals surface area (Å²) in [5.74, 6) is 2.74. The van der Waals surface area contributed by atoms with Crippen molar-refractivity contribution in [1.82, 2.24) is 0 Å². The Morgan fingerprint density at radius 3 is 1.35 bits per heavy atom. The molecular formula is C32H18BO4-. The first-order chi connectivity index (χ1) is 18.3. The summed E-state index contributed by atoms with van der Waals surface area (Å²) in [4.78, 5) is 0. The molecule has 6 aromatic rings. The fourth-order valence-corrected chi connectivity index (χ4v) is 6.13. The van der Waals surface area contributed by atoms with E-state index in [1.54, 1.807) is 0 Å². The Bertz CT molecular complexity index is 1820. The Morgan fingerprint density at radius 1 is 0.405 bits per heavy atom. The second-order valence-electron chi connectivity index (χ2n) is 9.74. The van der Waals surface area contributed by atoms with Crippen LogP contribution in [0.4, 0.5) is 0 Å². The Hall–Kier alpha value is -4.90. The number of hydrogen-bond acceptors (Lipinski definition) is 4. The average Bonchev–Trinajstić information content (AvgIpc) is 3.23. The maximum Gasteiger partial charge on any atom is 0.777 e. The van der Waals surface area contributed by atoms with Crippen LogP contribution in [0.15, 0.2) is 109 Å².